The van der Waals surface area contributed by atoms with E-state index in [-0.39, 0.29) is 6.04 Å². The summed E-state index contributed by atoms with van der Waals surface area (Å²) in [4.78, 5) is 38.2. The van der Waals surface area contributed by atoms with Crippen LogP contribution in [0.1, 0.15) is 22.0 Å². The van der Waals surface area contributed by atoms with E-state index in [0.29, 0.717) is 17.8 Å². The van der Waals surface area contributed by atoms with Crippen molar-refractivity contribution in [2.45, 2.75) is 6.04 Å². The van der Waals surface area contributed by atoms with Crippen LogP contribution in [-0.2, 0) is 14.3 Å². The smallest absolute Gasteiger partial charge is 0.337 e. The third-order valence-electron chi connectivity index (χ3n) is 4.64. The first-order valence-electron chi connectivity index (χ1n) is 9.20. The molecule has 0 bridgehead atoms. The molecule has 2 amide bonds. The molecule has 2 heterocycles. The largest absolute Gasteiger partial charge is 0.472 e. The zero-order chi connectivity index (χ0) is 20.6. The number of ether oxygens (including phenoxy) is 1. The van der Waals surface area contributed by atoms with Gasteiger partial charge in [0.05, 0.1) is 31.2 Å². The van der Waals surface area contributed by atoms with Crippen LogP contribution in [0.2, 0.25) is 0 Å². The summed E-state index contributed by atoms with van der Waals surface area (Å²) in [6, 6.07) is 7.94. The first-order valence-corrected chi connectivity index (χ1v) is 10.4. The number of nitrogens with zero attached hydrogens (tertiary/aromatic N) is 1. The van der Waals surface area contributed by atoms with Gasteiger partial charge in [-0.1, -0.05) is 0 Å². The van der Waals surface area contributed by atoms with E-state index in [1.165, 1.54) is 31.4 Å². The lowest BCUT2D eigenvalue weighted by molar-refractivity contribution is -0.136. The Bertz CT molecular complexity index is 832. The lowest BCUT2D eigenvalue weighted by atomic mass is 10.1. The number of hydrogen-bond donors (Lipinski definition) is 2. The lowest BCUT2D eigenvalue weighted by Gasteiger charge is -2.33. The second-order valence-electron chi connectivity index (χ2n) is 6.45. The number of anilines is 1. The average Bonchev–Trinajstić information content (AvgIpc) is 3.29. The van der Waals surface area contributed by atoms with Gasteiger partial charge in [0.1, 0.15) is 0 Å². The van der Waals surface area contributed by atoms with Gasteiger partial charge in [0.25, 0.3) is 0 Å². The van der Waals surface area contributed by atoms with E-state index in [2.05, 4.69) is 20.3 Å². The summed E-state index contributed by atoms with van der Waals surface area (Å²) in [5.41, 5.74) is 1.74. The SMILES string of the molecule is COC(=O)c1ccc(NC(=O)C(=O)NCC(c2ccoc2)N2CCSCC2)cc1. The van der Waals surface area contributed by atoms with E-state index in [1.54, 1.807) is 12.5 Å². The Balaban J connectivity index is 1.56. The summed E-state index contributed by atoms with van der Waals surface area (Å²) >= 11 is 1.90. The lowest BCUT2D eigenvalue weighted by Crippen LogP contribution is -2.44. The van der Waals surface area contributed by atoms with E-state index in [4.69, 9.17) is 4.42 Å². The molecule has 1 aliphatic rings. The van der Waals surface area contributed by atoms with Gasteiger partial charge in [-0.25, -0.2) is 4.79 Å². The van der Waals surface area contributed by atoms with Gasteiger partial charge < -0.3 is 19.8 Å². The molecule has 0 aliphatic carbocycles. The van der Waals surface area contributed by atoms with Crippen LogP contribution in [-0.4, -0.2) is 60.9 Å². The first kappa shape index (κ1) is 20.9. The Kier molecular flexibility index (Phi) is 7.31. The van der Waals surface area contributed by atoms with E-state index in [9.17, 15) is 14.4 Å². The van der Waals surface area contributed by atoms with Crippen molar-refractivity contribution in [3.63, 3.8) is 0 Å². The van der Waals surface area contributed by atoms with Crippen molar-refractivity contribution in [2.75, 3.05) is 43.6 Å². The van der Waals surface area contributed by atoms with Crippen LogP contribution in [0.4, 0.5) is 5.69 Å². The summed E-state index contributed by atoms with van der Waals surface area (Å²) in [7, 11) is 1.29. The molecule has 1 fully saturated rings. The van der Waals surface area contributed by atoms with E-state index >= 15 is 0 Å². The van der Waals surface area contributed by atoms with Gasteiger partial charge in [-0.2, -0.15) is 11.8 Å². The van der Waals surface area contributed by atoms with Crippen molar-refractivity contribution in [2.24, 2.45) is 0 Å². The third-order valence-corrected chi connectivity index (χ3v) is 5.58. The summed E-state index contributed by atoms with van der Waals surface area (Å²) < 4.78 is 9.83. The van der Waals surface area contributed by atoms with Crippen LogP contribution >= 0.6 is 11.8 Å². The molecule has 1 atom stereocenters. The summed E-state index contributed by atoms with van der Waals surface area (Å²) in [6.07, 6.45) is 3.27. The average molecular weight is 417 g/mol. The van der Waals surface area contributed by atoms with Gasteiger partial charge in [-0.3, -0.25) is 14.5 Å². The highest BCUT2D eigenvalue weighted by molar-refractivity contribution is 7.99. The zero-order valence-corrected chi connectivity index (χ0v) is 16.9. The minimum absolute atomic E-state index is 0.0502. The minimum Gasteiger partial charge on any atom is -0.472 e. The van der Waals surface area contributed by atoms with E-state index < -0.39 is 17.8 Å². The van der Waals surface area contributed by atoms with Crippen molar-refractivity contribution in [3.05, 3.63) is 54.0 Å². The molecular formula is C20H23N3O5S. The van der Waals surface area contributed by atoms with Crippen LogP contribution in [0.3, 0.4) is 0 Å². The number of carbonyl (C=O) groups is 3. The molecule has 154 valence electrons. The normalized spacial score (nSPS) is 15.3. The summed E-state index contributed by atoms with van der Waals surface area (Å²) in [5.74, 6) is 0.106. The van der Waals surface area contributed by atoms with Crippen LogP contribution in [0.5, 0.6) is 0 Å². The Morgan fingerprint density at radius 1 is 1.14 bits per heavy atom. The highest BCUT2D eigenvalue weighted by Crippen LogP contribution is 2.24. The first-order chi connectivity index (χ1) is 14.1. The summed E-state index contributed by atoms with van der Waals surface area (Å²) in [5, 5.41) is 5.24. The van der Waals surface area contributed by atoms with Crippen molar-refractivity contribution in [3.8, 4) is 0 Å². The standard InChI is InChI=1S/C20H23N3O5S/c1-27-20(26)14-2-4-16(5-3-14)22-19(25)18(24)21-12-17(15-6-9-28-13-15)23-7-10-29-11-8-23/h2-6,9,13,17H,7-8,10-12H2,1H3,(H,21,24)(H,22,25). The molecule has 0 spiro atoms. The Labute approximate surface area is 173 Å². The van der Waals surface area contributed by atoms with Crippen molar-refractivity contribution >= 4 is 35.2 Å². The molecule has 1 aromatic heterocycles. The number of hydrogen-bond acceptors (Lipinski definition) is 7. The predicted octanol–water partition coefficient (Wildman–Crippen LogP) is 1.91. The van der Waals surface area contributed by atoms with Crippen LogP contribution in [0.25, 0.3) is 0 Å². The number of carbonyl (C=O) groups excluding carboxylic acids is 3. The Morgan fingerprint density at radius 2 is 1.86 bits per heavy atom. The summed E-state index contributed by atoms with van der Waals surface area (Å²) in [6.45, 7) is 2.13. The number of rotatable bonds is 6. The second-order valence-corrected chi connectivity index (χ2v) is 7.68. The molecule has 8 nitrogen and oxygen atoms in total. The number of methoxy groups -OCH3 is 1. The minimum atomic E-state index is -0.768. The number of esters is 1. The second kappa shape index (κ2) is 10.1. The van der Waals surface area contributed by atoms with Crippen molar-refractivity contribution in [1.82, 2.24) is 10.2 Å². The quantitative estimate of drug-likeness (QED) is 0.547. The van der Waals surface area contributed by atoms with Crippen molar-refractivity contribution < 1.29 is 23.5 Å². The Hall–Kier alpha value is -2.78. The zero-order valence-electron chi connectivity index (χ0n) is 16.1. The topological polar surface area (TPSA) is 101 Å². The van der Waals surface area contributed by atoms with Crippen LogP contribution in [0.15, 0.2) is 47.3 Å². The van der Waals surface area contributed by atoms with Gasteiger partial charge in [-0.15, -0.1) is 0 Å². The molecule has 3 rings (SSSR count). The van der Waals surface area contributed by atoms with Gasteiger partial charge in [0, 0.05) is 42.4 Å². The van der Waals surface area contributed by atoms with Gasteiger partial charge in [-0.05, 0) is 30.3 Å². The fourth-order valence-corrected chi connectivity index (χ4v) is 4.01. The van der Waals surface area contributed by atoms with Gasteiger partial charge in [0.15, 0.2) is 0 Å². The molecule has 9 heteroatoms. The molecule has 1 aromatic carbocycles. The maximum Gasteiger partial charge on any atom is 0.337 e. The molecule has 1 unspecified atom stereocenters. The van der Waals surface area contributed by atoms with E-state index in [1.807, 2.05) is 17.8 Å². The number of benzene rings is 1. The third kappa shape index (κ3) is 5.61. The molecule has 29 heavy (non-hydrogen) atoms. The van der Waals surface area contributed by atoms with Gasteiger partial charge >= 0.3 is 17.8 Å². The molecule has 2 aromatic rings. The molecular weight excluding hydrogens is 394 g/mol. The fraction of sp³-hybridized carbons (Fsp3) is 0.350. The predicted molar refractivity (Wildman–Crippen MR) is 110 cm³/mol. The monoisotopic (exact) mass is 417 g/mol. The van der Waals surface area contributed by atoms with Crippen LogP contribution in [0, 0.1) is 0 Å². The molecule has 0 saturated carbocycles. The molecule has 1 saturated heterocycles. The Morgan fingerprint density at radius 3 is 2.48 bits per heavy atom. The molecule has 2 N–H and O–H groups in total. The highest BCUT2D eigenvalue weighted by Gasteiger charge is 2.25. The molecule has 0 radical (unpaired) electrons. The fourth-order valence-electron chi connectivity index (χ4n) is 3.08. The highest BCUT2D eigenvalue weighted by atomic mass is 32.2. The number of nitrogens with one attached hydrogen (secondary N) is 2. The molecule has 1 aliphatic heterocycles. The maximum atomic E-state index is 12.3. The number of amides is 2. The van der Waals surface area contributed by atoms with Gasteiger partial charge in [0.2, 0.25) is 0 Å². The maximum absolute atomic E-state index is 12.3. The number of furan rings is 1. The van der Waals surface area contributed by atoms with Crippen molar-refractivity contribution in [1.29, 1.82) is 0 Å². The van der Waals surface area contributed by atoms with E-state index in [0.717, 1.165) is 30.2 Å². The number of thioether (sulfide) groups is 1. The van der Waals surface area contributed by atoms with Crippen LogP contribution < -0.4 is 10.6 Å².